The predicted molar refractivity (Wildman–Crippen MR) is 289 cm³/mol. The molecule has 0 atom stereocenters. The molecule has 0 radical (unpaired) electrons. The number of aromatic nitrogens is 2. The van der Waals surface area contributed by atoms with Gasteiger partial charge in [-0.3, -0.25) is 0 Å². The minimum absolute atomic E-state index is 0.0246. The third-order valence-corrected chi connectivity index (χ3v) is 16.0. The summed E-state index contributed by atoms with van der Waals surface area (Å²) >= 11 is 0. The molecule has 0 fully saturated rings. The zero-order valence-electron chi connectivity index (χ0n) is 36.7. The molecule has 6 heterocycles. The second kappa shape index (κ2) is 12.6. The van der Waals surface area contributed by atoms with Crippen LogP contribution in [-0.4, -0.2) is 22.6 Å². The number of anilines is 6. The van der Waals surface area contributed by atoms with Crippen LogP contribution in [0.4, 0.5) is 34.1 Å². The second-order valence-electron chi connectivity index (χ2n) is 19.1. The molecule has 0 unspecified atom stereocenters. The van der Waals surface area contributed by atoms with Crippen LogP contribution >= 0.6 is 0 Å². The van der Waals surface area contributed by atoms with Crippen LogP contribution < -0.4 is 42.6 Å². The quantitative estimate of drug-likeness (QED) is 0.161. The summed E-state index contributed by atoms with van der Waals surface area (Å²) in [6.45, 7) is -0.0491. The number of rotatable bonds is 2. The Hall–Kier alpha value is -8.73. The van der Waals surface area contributed by atoms with E-state index in [0.717, 1.165) is 0 Å². The van der Waals surface area contributed by atoms with Gasteiger partial charge in [0, 0.05) is 66.4 Å². The van der Waals surface area contributed by atoms with E-state index in [1.165, 1.54) is 143 Å². The van der Waals surface area contributed by atoms with Gasteiger partial charge in [-0.2, -0.15) is 0 Å². The summed E-state index contributed by atoms with van der Waals surface area (Å²) < 4.78 is 5.31. The summed E-state index contributed by atoms with van der Waals surface area (Å²) in [5.41, 5.74) is 23.0. The molecule has 0 spiro atoms. The zero-order chi connectivity index (χ0) is 43.9. The van der Waals surface area contributed by atoms with Crippen LogP contribution in [0, 0.1) is 0 Å². The minimum atomic E-state index is -0.0246. The number of hydrogen-bond donors (Lipinski definition) is 0. The predicted octanol–water partition coefficient (Wildman–Crippen LogP) is 11.4. The highest BCUT2D eigenvalue weighted by molar-refractivity contribution is 7.02. The Morgan fingerprint density at radius 3 is 1.07 bits per heavy atom. The number of hydrogen-bond acceptors (Lipinski definition) is 2. The molecule has 0 aliphatic carbocycles. The molecule has 0 N–H and O–H groups in total. The molecule has 0 amide bonds. The average molecular weight is 859 g/mol. The lowest BCUT2D eigenvalue weighted by Gasteiger charge is -2.43. The molecule has 0 bridgehead atoms. The molecule has 4 aliphatic rings. The summed E-state index contributed by atoms with van der Waals surface area (Å²) in [5.74, 6) is 0. The maximum atomic E-state index is 2.66. The van der Waals surface area contributed by atoms with Gasteiger partial charge in [0.25, 0.3) is 13.4 Å². The van der Waals surface area contributed by atoms with Gasteiger partial charge in [0.1, 0.15) is 0 Å². The molecule has 6 heteroatoms. The van der Waals surface area contributed by atoms with E-state index in [2.05, 4.69) is 237 Å². The van der Waals surface area contributed by atoms with Gasteiger partial charge in [0.2, 0.25) is 0 Å². The van der Waals surface area contributed by atoms with Crippen LogP contribution in [0.3, 0.4) is 0 Å². The van der Waals surface area contributed by atoms with Crippen LogP contribution in [0.1, 0.15) is 0 Å². The maximum Gasteiger partial charge on any atom is 0.252 e. The number of nitrogens with zero attached hydrogens (tertiary/aromatic N) is 4. The Bertz CT molecular complexity index is 4130. The Kier molecular flexibility index (Phi) is 6.57. The monoisotopic (exact) mass is 858 g/mol. The van der Waals surface area contributed by atoms with Crippen molar-refractivity contribution in [3.05, 3.63) is 218 Å². The highest BCUT2D eigenvalue weighted by Crippen LogP contribution is 2.50. The molecule has 11 aromatic carbocycles. The van der Waals surface area contributed by atoms with E-state index in [4.69, 9.17) is 0 Å². The number of para-hydroxylation sites is 6. The molecule has 2 aromatic heterocycles. The molecule has 310 valence electrons. The fourth-order valence-corrected chi connectivity index (χ4v) is 13.6. The van der Waals surface area contributed by atoms with Gasteiger partial charge in [0.15, 0.2) is 0 Å². The van der Waals surface area contributed by atoms with E-state index >= 15 is 0 Å². The minimum Gasteiger partial charge on any atom is -0.311 e. The molecule has 68 heavy (non-hydrogen) atoms. The Morgan fingerprint density at radius 2 is 0.632 bits per heavy atom. The van der Waals surface area contributed by atoms with E-state index in [1.807, 2.05) is 0 Å². The van der Waals surface area contributed by atoms with Crippen LogP contribution in [0.2, 0.25) is 0 Å². The van der Waals surface area contributed by atoms with Gasteiger partial charge < -0.3 is 18.9 Å². The first kappa shape index (κ1) is 35.5. The van der Waals surface area contributed by atoms with E-state index in [-0.39, 0.29) is 13.4 Å². The van der Waals surface area contributed by atoms with Crippen molar-refractivity contribution in [2.45, 2.75) is 0 Å². The lowest BCUT2D eigenvalue weighted by Crippen LogP contribution is -2.63. The largest absolute Gasteiger partial charge is 0.311 e. The molecule has 4 aliphatic heterocycles. The normalized spacial score (nSPS) is 13.8. The van der Waals surface area contributed by atoms with Crippen molar-refractivity contribution in [1.82, 2.24) is 9.13 Å². The molecule has 0 saturated heterocycles. The topological polar surface area (TPSA) is 16.3 Å². The molecule has 4 nitrogen and oxygen atoms in total. The van der Waals surface area contributed by atoms with Crippen LogP contribution in [0.25, 0.3) is 76.5 Å². The molecule has 17 rings (SSSR count). The highest BCUT2D eigenvalue weighted by atomic mass is 15.2. The molecular formula is C62H36B2N4. The fourth-order valence-electron chi connectivity index (χ4n) is 13.6. The van der Waals surface area contributed by atoms with Crippen molar-refractivity contribution in [1.29, 1.82) is 0 Å². The van der Waals surface area contributed by atoms with Crippen molar-refractivity contribution < 1.29 is 0 Å². The lowest BCUT2D eigenvalue weighted by atomic mass is 9.31. The zero-order valence-corrected chi connectivity index (χ0v) is 36.7. The van der Waals surface area contributed by atoms with Crippen molar-refractivity contribution >= 4 is 145 Å². The second-order valence-corrected chi connectivity index (χ2v) is 19.1. The average Bonchev–Trinajstić information content (AvgIpc) is 3.95. The summed E-state index contributed by atoms with van der Waals surface area (Å²) in [4.78, 5) is 5.11. The first-order valence-electron chi connectivity index (χ1n) is 23.9. The van der Waals surface area contributed by atoms with Gasteiger partial charge in [-0.1, -0.05) is 158 Å². The Morgan fingerprint density at radius 1 is 0.279 bits per heavy atom. The third kappa shape index (κ3) is 4.14. The van der Waals surface area contributed by atoms with E-state index in [1.54, 1.807) is 0 Å². The fraction of sp³-hybridized carbons (Fsp3) is 0. The first-order valence-corrected chi connectivity index (χ1v) is 23.9. The van der Waals surface area contributed by atoms with Gasteiger partial charge in [-0.15, -0.1) is 0 Å². The summed E-state index contributed by atoms with van der Waals surface area (Å²) in [6.07, 6.45) is 0. The van der Waals surface area contributed by atoms with Crippen molar-refractivity contribution in [2.24, 2.45) is 0 Å². The van der Waals surface area contributed by atoms with Crippen molar-refractivity contribution in [3.63, 3.8) is 0 Å². The third-order valence-electron chi connectivity index (χ3n) is 16.0. The summed E-state index contributed by atoms with van der Waals surface area (Å²) in [5, 5.41) is 10.3. The molecule has 0 saturated carbocycles. The van der Waals surface area contributed by atoms with Gasteiger partial charge in [-0.05, 0) is 104 Å². The van der Waals surface area contributed by atoms with Gasteiger partial charge in [-0.25, -0.2) is 0 Å². The first-order chi connectivity index (χ1) is 33.8. The summed E-state index contributed by atoms with van der Waals surface area (Å²) in [6, 6.07) is 82.3. The Labute approximate surface area is 392 Å². The summed E-state index contributed by atoms with van der Waals surface area (Å²) in [7, 11) is 0. The van der Waals surface area contributed by atoms with Crippen LogP contribution in [-0.2, 0) is 0 Å². The van der Waals surface area contributed by atoms with E-state index in [0.29, 0.717) is 0 Å². The van der Waals surface area contributed by atoms with Gasteiger partial charge in [0.05, 0.1) is 33.4 Å². The number of benzene rings is 11. The number of fused-ring (bicyclic) bond motifs is 22. The maximum absolute atomic E-state index is 2.66. The van der Waals surface area contributed by atoms with Crippen LogP contribution in [0.5, 0.6) is 0 Å². The van der Waals surface area contributed by atoms with Crippen molar-refractivity contribution in [2.75, 3.05) is 9.80 Å². The standard InChI is InChI=1S/C62H36B2N4/c1-3-19-37(20-4-1)65-51-33-17-13-29-45(51)63-47-35-54-48(36-53(47)67-49-31-15-11-27-43(49)55-39-23-7-9-25-41(39)59(65)57(63)61(55)67)64-46-30-14-18-34-52(46)66(38-21-5-2-6-22-38)60-42-26-10-8-24-40(42)56-44-28-12-16-32-50(44)68(54)62(56)58(60)64/h1-36H. The highest BCUT2D eigenvalue weighted by Gasteiger charge is 2.47. The van der Waals surface area contributed by atoms with E-state index < -0.39 is 0 Å². The Balaban J connectivity index is 1.09. The van der Waals surface area contributed by atoms with E-state index in [9.17, 15) is 0 Å². The smallest absolute Gasteiger partial charge is 0.252 e. The molecular weight excluding hydrogens is 822 g/mol. The molecule has 13 aromatic rings. The van der Waals surface area contributed by atoms with Crippen molar-refractivity contribution in [3.8, 4) is 11.4 Å². The lowest BCUT2D eigenvalue weighted by molar-refractivity contribution is 1.16. The SMILES string of the molecule is c1ccc(N2c3ccccc3B3c4cc5c(cc4-n4c6ccccc6c6c7ccccc7c2c3c64)B2c3ccccc3N(c3ccccc3)c3c2c2c(c4ccccc34)c3ccccc3n2-5)cc1. The van der Waals surface area contributed by atoms with Gasteiger partial charge >= 0.3 is 0 Å². The van der Waals surface area contributed by atoms with Crippen LogP contribution in [0.15, 0.2) is 218 Å².